The van der Waals surface area contributed by atoms with Crippen LogP contribution >= 0.6 is 0 Å². The first-order valence-electron chi connectivity index (χ1n) is 10.2. The van der Waals surface area contributed by atoms with Gasteiger partial charge in [-0.25, -0.2) is 0 Å². The predicted molar refractivity (Wildman–Crippen MR) is 98.9 cm³/mol. The molecule has 8 nitrogen and oxygen atoms in total. The lowest BCUT2D eigenvalue weighted by atomic mass is 9.71. The minimum absolute atomic E-state index is 0.154. The minimum Gasteiger partial charge on any atom is -0.392 e. The third-order valence-corrected chi connectivity index (χ3v) is 6.59. The Labute approximate surface area is 160 Å². The molecule has 3 fully saturated rings. The maximum absolute atomic E-state index is 12.5. The maximum Gasteiger partial charge on any atom is 0.224 e. The minimum atomic E-state index is -0.252. The molecule has 1 aromatic heterocycles. The lowest BCUT2D eigenvalue weighted by Gasteiger charge is -2.51. The van der Waals surface area contributed by atoms with Gasteiger partial charge in [-0.3, -0.25) is 9.69 Å². The first-order chi connectivity index (χ1) is 13.1. The second-order valence-electron chi connectivity index (χ2n) is 8.46. The molecule has 0 aliphatic carbocycles. The van der Waals surface area contributed by atoms with Crippen LogP contribution in [0.3, 0.4) is 0 Å². The molecule has 1 spiro atoms. The van der Waals surface area contributed by atoms with Gasteiger partial charge in [-0.2, -0.15) is 0 Å². The molecule has 1 unspecified atom stereocenters. The van der Waals surface area contributed by atoms with Crippen molar-refractivity contribution < 1.29 is 14.6 Å². The molecule has 0 saturated carbocycles. The normalized spacial score (nSPS) is 27.1. The molecule has 27 heavy (non-hydrogen) atoms. The quantitative estimate of drug-likeness (QED) is 0.824. The van der Waals surface area contributed by atoms with Gasteiger partial charge in [0.15, 0.2) is 0 Å². The van der Waals surface area contributed by atoms with Crippen LogP contribution in [0.15, 0.2) is 12.7 Å². The highest BCUT2D eigenvalue weighted by Crippen LogP contribution is 2.41. The predicted octanol–water partition coefficient (Wildman–Crippen LogP) is 0.523. The van der Waals surface area contributed by atoms with E-state index in [2.05, 4.69) is 15.1 Å². The van der Waals surface area contributed by atoms with Crippen LogP contribution in [0.25, 0.3) is 0 Å². The zero-order valence-electron chi connectivity index (χ0n) is 16.0. The molecule has 3 aliphatic rings. The smallest absolute Gasteiger partial charge is 0.224 e. The van der Waals surface area contributed by atoms with Crippen molar-refractivity contribution in [1.82, 2.24) is 24.6 Å². The van der Waals surface area contributed by atoms with Gasteiger partial charge in [0.25, 0.3) is 0 Å². The number of ether oxygens (including phenoxy) is 1. The van der Waals surface area contributed by atoms with Gasteiger partial charge in [-0.1, -0.05) is 0 Å². The Morgan fingerprint density at radius 2 is 1.89 bits per heavy atom. The van der Waals surface area contributed by atoms with E-state index in [0.717, 1.165) is 71.5 Å². The Bertz CT molecular complexity index is 609. The summed E-state index contributed by atoms with van der Waals surface area (Å²) >= 11 is 0. The number of aliphatic hydroxyl groups excluding tert-OH is 1. The number of aliphatic hydroxyl groups is 1. The SMILES string of the molecule is O=C(CCn1cnnc1)N1CCC2(CC1)CC(O)CN(C1CCOCC1)C2. The summed E-state index contributed by atoms with van der Waals surface area (Å²) in [5.41, 5.74) is 0.154. The molecular weight excluding hydrogens is 346 g/mol. The van der Waals surface area contributed by atoms with E-state index in [0.29, 0.717) is 19.0 Å². The van der Waals surface area contributed by atoms with Crippen LogP contribution in [-0.4, -0.2) is 87.1 Å². The highest BCUT2D eigenvalue weighted by atomic mass is 16.5. The molecule has 8 heteroatoms. The molecule has 3 aliphatic heterocycles. The van der Waals surface area contributed by atoms with E-state index >= 15 is 0 Å². The lowest BCUT2D eigenvalue weighted by Crippen LogP contribution is -2.57. The summed E-state index contributed by atoms with van der Waals surface area (Å²) in [5, 5.41) is 18.1. The topological polar surface area (TPSA) is 83.7 Å². The van der Waals surface area contributed by atoms with E-state index in [1.807, 2.05) is 9.47 Å². The lowest BCUT2D eigenvalue weighted by molar-refractivity contribution is -0.136. The number of hydrogen-bond acceptors (Lipinski definition) is 6. The van der Waals surface area contributed by atoms with Crippen molar-refractivity contribution in [2.24, 2.45) is 5.41 Å². The van der Waals surface area contributed by atoms with E-state index in [9.17, 15) is 9.90 Å². The van der Waals surface area contributed by atoms with Crippen LogP contribution in [0.1, 0.15) is 38.5 Å². The number of piperidine rings is 2. The summed E-state index contributed by atoms with van der Waals surface area (Å²) in [6, 6.07) is 0.536. The van der Waals surface area contributed by atoms with Crippen LogP contribution in [-0.2, 0) is 16.1 Å². The van der Waals surface area contributed by atoms with Crippen LogP contribution in [0.2, 0.25) is 0 Å². The third-order valence-electron chi connectivity index (χ3n) is 6.59. The summed E-state index contributed by atoms with van der Waals surface area (Å²) < 4.78 is 7.34. The zero-order chi connectivity index (χ0) is 18.7. The number of aromatic nitrogens is 3. The first-order valence-corrected chi connectivity index (χ1v) is 10.2. The fraction of sp³-hybridized carbons (Fsp3) is 0.842. The Kier molecular flexibility index (Phi) is 5.75. The van der Waals surface area contributed by atoms with Gasteiger partial charge < -0.3 is 19.3 Å². The van der Waals surface area contributed by atoms with Crippen molar-refractivity contribution in [3.8, 4) is 0 Å². The van der Waals surface area contributed by atoms with Crippen molar-refractivity contribution in [3.63, 3.8) is 0 Å². The number of rotatable bonds is 4. The van der Waals surface area contributed by atoms with E-state index in [-0.39, 0.29) is 17.4 Å². The third kappa shape index (κ3) is 4.50. The van der Waals surface area contributed by atoms with E-state index in [1.165, 1.54) is 0 Å². The van der Waals surface area contributed by atoms with Crippen molar-refractivity contribution in [3.05, 3.63) is 12.7 Å². The Morgan fingerprint density at radius 1 is 1.19 bits per heavy atom. The molecule has 1 amide bonds. The summed E-state index contributed by atoms with van der Waals surface area (Å²) in [5.74, 6) is 0.205. The average Bonchev–Trinajstić information content (AvgIpc) is 3.20. The standard InChI is InChI=1S/C19H31N5O3/c25-17-11-19(13-24(12-17)16-2-9-27-10-3-16)4-7-23(8-5-19)18(26)1-6-22-14-20-21-15-22/h14-17,25H,1-13H2. The van der Waals surface area contributed by atoms with Crippen molar-refractivity contribution in [2.75, 3.05) is 39.4 Å². The molecule has 1 N–H and O–H groups in total. The first kappa shape index (κ1) is 18.8. The maximum atomic E-state index is 12.5. The Hall–Kier alpha value is -1.51. The van der Waals surface area contributed by atoms with Gasteiger partial charge in [-0.05, 0) is 37.5 Å². The molecule has 1 atom stereocenters. The van der Waals surface area contributed by atoms with Gasteiger partial charge in [0, 0.05) is 58.4 Å². The number of β-amino-alcohol motifs (C(OH)–C–C–N with tert-alkyl or cyclic N) is 1. The van der Waals surface area contributed by atoms with Gasteiger partial charge in [0.05, 0.1) is 6.10 Å². The van der Waals surface area contributed by atoms with E-state index in [4.69, 9.17) is 4.74 Å². The number of likely N-dealkylation sites (tertiary alicyclic amines) is 2. The highest BCUT2D eigenvalue weighted by molar-refractivity contribution is 5.76. The number of amides is 1. The fourth-order valence-corrected chi connectivity index (χ4v) is 5.04. The van der Waals surface area contributed by atoms with Gasteiger partial charge >= 0.3 is 0 Å². The molecular formula is C19H31N5O3. The van der Waals surface area contributed by atoms with Crippen LogP contribution in [0.5, 0.6) is 0 Å². The molecule has 4 rings (SSSR count). The number of carbonyl (C=O) groups excluding carboxylic acids is 1. The average molecular weight is 377 g/mol. The second-order valence-corrected chi connectivity index (χ2v) is 8.46. The molecule has 150 valence electrons. The van der Waals surface area contributed by atoms with Gasteiger partial charge in [-0.15, -0.1) is 10.2 Å². The summed E-state index contributed by atoms with van der Waals surface area (Å²) in [4.78, 5) is 17.0. The molecule has 0 aromatic carbocycles. The van der Waals surface area contributed by atoms with Crippen LogP contribution in [0, 0.1) is 5.41 Å². The molecule has 3 saturated heterocycles. The van der Waals surface area contributed by atoms with Gasteiger partial charge in [0.2, 0.25) is 5.91 Å². The Morgan fingerprint density at radius 3 is 2.59 bits per heavy atom. The van der Waals surface area contributed by atoms with E-state index in [1.54, 1.807) is 12.7 Å². The second kappa shape index (κ2) is 8.24. The number of nitrogens with zero attached hydrogens (tertiary/aromatic N) is 5. The van der Waals surface area contributed by atoms with Crippen LogP contribution in [0.4, 0.5) is 0 Å². The number of aryl methyl sites for hydroxylation is 1. The van der Waals surface area contributed by atoms with E-state index < -0.39 is 0 Å². The van der Waals surface area contributed by atoms with Crippen LogP contribution < -0.4 is 0 Å². The van der Waals surface area contributed by atoms with Crippen molar-refractivity contribution in [2.45, 2.75) is 57.2 Å². The summed E-state index contributed by atoms with van der Waals surface area (Å²) in [7, 11) is 0. The fourth-order valence-electron chi connectivity index (χ4n) is 5.04. The Balaban J connectivity index is 1.30. The molecule has 0 radical (unpaired) electrons. The van der Waals surface area contributed by atoms with Crippen molar-refractivity contribution >= 4 is 5.91 Å². The molecule has 4 heterocycles. The molecule has 0 bridgehead atoms. The summed E-state index contributed by atoms with van der Waals surface area (Å²) in [6.45, 7) is 5.73. The zero-order valence-corrected chi connectivity index (χ0v) is 16.0. The highest BCUT2D eigenvalue weighted by Gasteiger charge is 2.43. The molecule has 1 aromatic rings. The summed E-state index contributed by atoms with van der Waals surface area (Å²) in [6.07, 6.45) is 8.51. The number of carbonyl (C=O) groups is 1. The number of hydrogen-bond donors (Lipinski definition) is 1. The van der Waals surface area contributed by atoms with Crippen molar-refractivity contribution in [1.29, 1.82) is 0 Å². The largest absolute Gasteiger partial charge is 0.392 e. The van der Waals surface area contributed by atoms with Gasteiger partial charge in [0.1, 0.15) is 12.7 Å². The monoisotopic (exact) mass is 377 g/mol.